The monoisotopic (exact) mass is 531 g/mol. The highest BCUT2D eigenvalue weighted by Gasteiger charge is 2.56. The maximum absolute atomic E-state index is 15.1. The summed E-state index contributed by atoms with van der Waals surface area (Å²) in [4.78, 5) is 13.9. The molecule has 1 aromatic heterocycles. The van der Waals surface area contributed by atoms with E-state index < -0.39 is 40.6 Å². The quantitative estimate of drug-likeness (QED) is 0.282. The van der Waals surface area contributed by atoms with E-state index in [2.05, 4.69) is 10.4 Å². The van der Waals surface area contributed by atoms with Gasteiger partial charge in [-0.1, -0.05) is 13.8 Å². The van der Waals surface area contributed by atoms with Crippen LogP contribution in [0, 0.1) is 28.7 Å². The van der Waals surface area contributed by atoms with E-state index in [1.165, 1.54) is 19.3 Å². The van der Waals surface area contributed by atoms with Crippen molar-refractivity contribution in [3.05, 3.63) is 89.4 Å². The molecule has 1 amide bonds. The number of benzene rings is 2. The predicted molar refractivity (Wildman–Crippen MR) is 135 cm³/mol. The molecule has 0 aliphatic carbocycles. The molecule has 1 aliphatic rings. The average molecular weight is 532 g/mol. The Morgan fingerprint density at radius 2 is 1.79 bits per heavy atom. The molecule has 2 N–H and O–H groups in total. The van der Waals surface area contributed by atoms with Crippen LogP contribution >= 0.6 is 0 Å². The normalized spacial score (nSPS) is 19.5. The highest BCUT2D eigenvalue weighted by molar-refractivity contribution is 6.13. The lowest BCUT2D eigenvalue weighted by molar-refractivity contribution is -0.126. The van der Waals surface area contributed by atoms with Crippen molar-refractivity contribution in [2.24, 2.45) is 10.5 Å². The van der Waals surface area contributed by atoms with Crippen molar-refractivity contribution in [1.29, 1.82) is 0 Å². The Morgan fingerprint density at radius 3 is 2.39 bits per heavy atom. The smallest absolute Gasteiger partial charge is 0.248 e. The largest absolute Gasteiger partial charge is 0.469 e. The molecule has 6 nitrogen and oxygen atoms in total. The van der Waals surface area contributed by atoms with Gasteiger partial charge in [-0.2, -0.15) is 5.10 Å². The summed E-state index contributed by atoms with van der Waals surface area (Å²) in [5.41, 5.74) is -2.32. The van der Waals surface area contributed by atoms with Crippen LogP contribution in [0.3, 0.4) is 0 Å². The standard InChI is InChI=1S/C28H29F4N3O3/c1-27(2,16-36)11-5-12-33-26(37)28(3)24(23-6-4-13-38-23)25(19-9-7-17(29)14-20(19)31)34-35(28)22-10-8-18(30)15-21(22)32/h4,6-10,13-15,24,36H,5,11-12,16H2,1-3H3,(H,33,37). The molecule has 0 saturated heterocycles. The van der Waals surface area contributed by atoms with Crippen LogP contribution in [0.5, 0.6) is 0 Å². The molecule has 2 heterocycles. The number of amides is 1. The summed E-state index contributed by atoms with van der Waals surface area (Å²) in [6.45, 7) is 5.53. The summed E-state index contributed by atoms with van der Waals surface area (Å²) < 4.78 is 63.2. The molecule has 38 heavy (non-hydrogen) atoms. The molecule has 0 radical (unpaired) electrons. The first kappa shape index (κ1) is 27.4. The molecule has 0 fully saturated rings. The second-order valence-electron chi connectivity index (χ2n) is 10.3. The van der Waals surface area contributed by atoms with Crippen LogP contribution < -0.4 is 10.3 Å². The van der Waals surface area contributed by atoms with E-state index in [9.17, 15) is 18.7 Å². The molecule has 1 aliphatic heterocycles. The maximum Gasteiger partial charge on any atom is 0.248 e. The minimum Gasteiger partial charge on any atom is -0.469 e. The second kappa shape index (κ2) is 10.6. The molecular weight excluding hydrogens is 502 g/mol. The van der Waals surface area contributed by atoms with Crippen molar-refractivity contribution in [3.8, 4) is 0 Å². The van der Waals surface area contributed by atoms with Crippen LogP contribution in [0.2, 0.25) is 0 Å². The summed E-state index contributed by atoms with van der Waals surface area (Å²) in [5.74, 6) is -4.88. The van der Waals surface area contributed by atoms with E-state index in [1.54, 1.807) is 12.1 Å². The van der Waals surface area contributed by atoms with Gasteiger partial charge in [-0.15, -0.1) is 0 Å². The van der Waals surface area contributed by atoms with Crippen LogP contribution in [0.1, 0.15) is 50.9 Å². The van der Waals surface area contributed by atoms with Crippen molar-refractivity contribution < 1.29 is 31.9 Å². The van der Waals surface area contributed by atoms with E-state index in [-0.39, 0.29) is 41.3 Å². The minimum atomic E-state index is -1.70. The molecule has 2 unspecified atom stereocenters. The van der Waals surface area contributed by atoms with Crippen LogP contribution in [0.15, 0.2) is 64.3 Å². The van der Waals surface area contributed by atoms with E-state index in [4.69, 9.17) is 4.42 Å². The summed E-state index contributed by atoms with van der Waals surface area (Å²) in [5, 5.41) is 17.9. The number of anilines is 1. The number of hydrogen-bond donors (Lipinski definition) is 2. The molecule has 0 spiro atoms. The van der Waals surface area contributed by atoms with Crippen molar-refractivity contribution >= 4 is 17.3 Å². The fourth-order valence-electron chi connectivity index (χ4n) is 4.64. The summed E-state index contributed by atoms with van der Waals surface area (Å²) >= 11 is 0. The second-order valence-corrected chi connectivity index (χ2v) is 10.3. The van der Waals surface area contributed by atoms with Crippen molar-refractivity contribution in [1.82, 2.24) is 5.32 Å². The minimum absolute atomic E-state index is 0.0141. The van der Waals surface area contributed by atoms with Gasteiger partial charge < -0.3 is 14.8 Å². The van der Waals surface area contributed by atoms with Crippen molar-refractivity contribution in [2.45, 2.75) is 45.1 Å². The predicted octanol–water partition coefficient (Wildman–Crippen LogP) is 5.52. The Balaban J connectivity index is 1.81. The molecule has 2 atom stereocenters. The van der Waals surface area contributed by atoms with Gasteiger partial charge in [-0.05, 0) is 61.6 Å². The first-order chi connectivity index (χ1) is 18.0. The first-order valence-electron chi connectivity index (χ1n) is 12.2. The highest BCUT2D eigenvalue weighted by Crippen LogP contribution is 2.46. The SMILES string of the molecule is CC(C)(CO)CCCNC(=O)C1(C)C(c2ccco2)C(c2ccc(F)cc2F)=NN1c1ccc(F)cc1F. The molecule has 0 bridgehead atoms. The lowest BCUT2D eigenvalue weighted by atomic mass is 9.78. The summed E-state index contributed by atoms with van der Waals surface area (Å²) in [6.07, 6.45) is 2.55. The van der Waals surface area contributed by atoms with Gasteiger partial charge in [0.15, 0.2) is 11.4 Å². The Hall–Kier alpha value is -3.66. The Morgan fingerprint density at radius 1 is 1.11 bits per heavy atom. The lowest BCUT2D eigenvalue weighted by Crippen LogP contribution is -2.57. The zero-order valence-corrected chi connectivity index (χ0v) is 21.3. The number of carbonyl (C=O) groups excluding carboxylic acids is 1. The molecule has 2 aromatic carbocycles. The number of carbonyl (C=O) groups is 1. The third kappa shape index (κ3) is 5.18. The summed E-state index contributed by atoms with van der Waals surface area (Å²) in [6, 6.07) is 8.96. The zero-order chi connectivity index (χ0) is 27.7. The average Bonchev–Trinajstić information content (AvgIpc) is 3.48. The number of nitrogens with zero attached hydrogens (tertiary/aromatic N) is 2. The fraction of sp³-hybridized carbons (Fsp3) is 0.357. The van der Waals surface area contributed by atoms with E-state index in [0.29, 0.717) is 25.0 Å². The Bertz CT molecular complexity index is 1340. The van der Waals surface area contributed by atoms with Gasteiger partial charge in [0.05, 0.1) is 23.6 Å². The maximum atomic E-state index is 15.1. The van der Waals surface area contributed by atoms with Gasteiger partial charge >= 0.3 is 0 Å². The number of hydrazone groups is 1. The van der Waals surface area contributed by atoms with Gasteiger partial charge in [0.1, 0.15) is 23.2 Å². The van der Waals surface area contributed by atoms with Crippen LogP contribution in [-0.4, -0.2) is 35.4 Å². The zero-order valence-electron chi connectivity index (χ0n) is 21.3. The Kier molecular flexibility index (Phi) is 7.64. The van der Waals surface area contributed by atoms with E-state index in [1.807, 2.05) is 13.8 Å². The highest BCUT2D eigenvalue weighted by atomic mass is 19.1. The molecular formula is C28H29F4N3O3. The number of aliphatic hydroxyl groups excluding tert-OH is 1. The van der Waals surface area contributed by atoms with Crippen molar-refractivity contribution in [3.63, 3.8) is 0 Å². The van der Waals surface area contributed by atoms with Crippen LogP contribution in [-0.2, 0) is 4.79 Å². The molecule has 3 aromatic rings. The summed E-state index contributed by atoms with van der Waals surface area (Å²) in [7, 11) is 0. The van der Waals surface area contributed by atoms with Gasteiger partial charge in [0.2, 0.25) is 5.91 Å². The number of nitrogens with one attached hydrogen (secondary N) is 1. The van der Waals surface area contributed by atoms with Crippen LogP contribution in [0.25, 0.3) is 0 Å². The van der Waals surface area contributed by atoms with E-state index >= 15 is 8.78 Å². The van der Waals surface area contributed by atoms with E-state index in [0.717, 1.165) is 23.2 Å². The number of furan rings is 1. The van der Waals surface area contributed by atoms with Gasteiger partial charge in [-0.25, -0.2) is 22.6 Å². The van der Waals surface area contributed by atoms with Gasteiger partial charge in [0, 0.05) is 30.8 Å². The Labute approximate surface area is 218 Å². The fourth-order valence-corrected chi connectivity index (χ4v) is 4.64. The molecule has 10 heteroatoms. The number of halogens is 4. The molecule has 202 valence electrons. The molecule has 0 saturated carbocycles. The number of aliphatic hydroxyl groups is 1. The lowest BCUT2D eigenvalue weighted by Gasteiger charge is -2.37. The first-order valence-corrected chi connectivity index (χ1v) is 12.2. The molecule has 4 rings (SSSR count). The third-order valence-electron chi connectivity index (χ3n) is 6.86. The number of rotatable bonds is 9. The van der Waals surface area contributed by atoms with Crippen LogP contribution in [0.4, 0.5) is 23.2 Å². The van der Waals surface area contributed by atoms with Gasteiger partial charge in [-0.3, -0.25) is 4.79 Å². The topological polar surface area (TPSA) is 78.1 Å². The van der Waals surface area contributed by atoms with Crippen molar-refractivity contribution in [2.75, 3.05) is 18.2 Å². The number of hydrogen-bond acceptors (Lipinski definition) is 5. The van der Waals surface area contributed by atoms with Gasteiger partial charge in [0.25, 0.3) is 0 Å². The third-order valence-corrected chi connectivity index (χ3v) is 6.86.